The Balaban J connectivity index is 1.77. The van der Waals surface area contributed by atoms with Gasteiger partial charge in [0.05, 0.1) is 29.1 Å². The molecule has 0 bridgehead atoms. The predicted molar refractivity (Wildman–Crippen MR) is 125 cm³/mol. The van der Waals surface area contributed by atoms with Crippen LogP contribution in [-0.2, 0) is 16.1 Å². The number of thiophene rings is 1. The maximum atomic E-state index is 12.9. The lowest BCUT2D eigenvalue weighted by molar-refractivity contribution is -0.113. The number of nitrogens with zero attached hydrogens (tertiary/aromatic N) is 2. The molecule has 0 spiro atoms. The number of para-hydroxylation sites is 1. The Morgan fingerprint density at radius 3 is 2.77 bits per heavy atom. The lowest BCUT2D eigenvalue weighted by atomic mass is 10.1. The van der Waals surface area contributed by atoms with Crippen LogP contribution in [0.5, 0.6) is 0 Å². The molecule has 2 heterocycles. The fraction of sp³-hybridized carbons (Fsp3) is 0.364. The molecule has 1 N–H and O–H groups in total. The Labute approximate surface area is 188 Å². The zero-order valence-corrected chi connectivity index (χ0v) is 19.3. The van der Waals surface area contributed by atoms with Gasteiger partial charge >= 0.3 is 5.97 Å². The molecule has 0 aliphatic rings. The molecule has 0 fully saturated rings. The topological polar surface area (TPSA) is 90.3 Å². The second kappa shape index (κ2) is 10.6. The highest BCUT2D eigenvalue weighted by atomic mass is 32.2. The molecule has 0 atom stereocenters. The summed E-state index contributed by atoms with van der Waals surface area (Å²) < 4.78 is 7.33. The van der Waals surface area contributed by atoms with E-state index >= 15 is 0 Å². The largest absolute Gasteiger partial charge is 0.462 e. The van der Waals surface area contributed by atoms with E-state index in [0.29, 0.717) is 39.1 Å². The van der Waals surface area contributed by atoms with Crippen LogP contribution in [-0.4, -0.2) is 33.8 Å². The van der Waals surface area contributed by atoms with Crippen molar-refractivity contribution in [2.45, 2.75) is 38.9 Å². The number of carbonyl (C=O) groups is 2. The maximum absolute atomic E-state index is 12.9. The first-order chi connectivity index (χ1) is 14.9. The van der Waals surface area contributed by atoms with Crippen molar-refractivity contribution >= 4 is 50.9 Å². The molecule has 1 amide bonds. The third-order valence-corrected chi connectivity index (χ3v) is 6.36. The molecule has 0 unspecified atom stereocenters. The first-order valence-corrected chi connectivity index (χ1v) is 11.9. The summed E-state index contributed by atoms with van der Waals surface area (Å²) in [7, 11) is 0. The van der Waals surface area contributed by atoms with Crippen molar-refractivity contribution in [1.29, 1.82) is 0 Å². The first-order valence-electron chi connectivity index (χ1n) is 10.1. The van der Waals surface area contributed by atoms with Gasteiger partial charge in [0.2, 0.25) is 5.91 Å². The van der Waals surface area contributed by atoms with E-state index in [1.807, 2.05) is 11.4 Å². The molecular formula is C22H25N3O4S2. The molecule has 9 heteroatoms. The number of esters is 1. The molecule has 7 nitrogen and oxygen atoms in total. The molecular weight excluding hydrogens is 434 g/mol. The lowest BCUT2D eigenvalue weighted by Crippen LogP contribution is -2.24. The smallest absolute Gasteiger partial charge is 0.340 e. The van der Waals surface area contributed by atoms with Crippen molar-refractivity contribution in [3.8, 4) is 0 Å². The monoisotopic (exact) mass is 459 g/mol. The molecule has 31 heavy (non-hydrogen) atoms. The molecule has 3 rings (SSSR count). The lowest BCUT2D eigenvalue weighted by Gasteiger charge is -2.14. The standard InChI is InChI=1S/C22H25N3O4S2/c1-4-29-21(28)15-7-5-6-8-16(15)23-18(26)13-31-22-24-17-10-12-30-19(17)20(27)25(22)11-9-14(2)3/h5-8,10,12,14H,4,9,11,13H2,1-3H3,(H,23,26). The van der Waals surface area contributed by atoms with Crippen LogP contribution in [0.2, 0.25) is 0 Å². The van der Waals surface area contributed by atoms with Gasteiger partial charge in [-0.15, -0.1) is 11.3 Å². The minimum atomic E-state index is -0.488. The Kier molecular flexibility index (Phi) is 7.86. The van der Waals surface area contributed by atoms with Gasteiger partial charge in [0.25, 0.3) is 5.56 Å². The van der Waals surface area contributed by atoms with Crippen LogP contribution >= 0.6 is 23.1 Å². The Bertz CT molecular complexity index is 1140. The molecule has 0 aliphatic carbocycles. The van der Waals surface area contributed by atoms with Crippen molar-refractivity contribution in [3.63, 3.8) is 0 Å². The first kappa shape index (κ1) is 23.0. The van der Waals surface area contributed by atoms with Gasteiger partial charge in [-0.3, -0.25) is 14.2 Å². The van der Waals surface area contributed by atoms with Crippen LogP contribution in [0.25, 0.3) is 10.2 Å². The van der Waals surface area contributed by atoms with Crippen LogP contribution in [0.4, 0.5) is 5.69 Å². The second-order valence-electron chi connectivity index (χ2n) is 7.27. The van der Waals surface area contributed by atoms with Crippen molar-refractivity contribution in [1.82, 2.24) is 9.55 Å². The zero-order valence-electron chi connectivity index (χ0n) is 17.7. The summed E-state index contributed by atoms with van der Waals surface area (Å²) in [5, 5.41) is 5.13. The van der Waals surface area contributed by atoms with E-state index in [2.05, 4.69) is 24.1 Å². The van der Waals surface area contributed by atoms with Crippen LogP contribution in [0.3, 0.4) is 0 Å². The molecule has 1 aromatic carbocycles. The summed E-state index contributed by atoms with van der Waals surface area (Å²) in [6.07, 6.45) is 0.838. The predicted octanol–water partition coefficient (Wildman–Crippen LogP) is 4.41. The summed E-state index contributed by atoms with van der Waals surface area (Å²) >= 11 is 2.59. The van der Waals surface area contributed by atoms with Gasteiger partial charge in [-0.1, -0.05) is 37.7 Å². The normalized spacial score (nSPS) is 11.1. The van der Waals surface area contributed by atoms with Crippen molar-refractivity contribution < 1.29 is 14.3 Å². The van der Waals surface area contributed by atoms with Crippen LogP contribution < -0.4 is 10.9 Å². The second-order valence-corrected chi connectivity index (χ2v) is 9.13. The maximum Gasteiger partial charge on any atom is 0.340 e. The van der Waals surface area contributed by atoms with Gasteiger partial charge in [0.15, 0.2) is 5.16 Å². The van der Waals surface area contributed by atoms with E-state index in [-0.39, 0.29) is 23.8 Å². The highest BCUT2D eigenvalue weighted by Crippen LogP contribution is 2.23. The van der Waals surface area contributed by atoms with E-state index < -0.39 is 5.97 Å². The molecule has 164 valence electrons. The van der Waals surface area contributed by atoms with E-state index in [4.69, 9.17) is 4.74 Å². The molecule has 0 saturated heterocycles. The molecule has 0 aliphatic heterocycles. The summed E-state index contributed by atoms with van der Waals surface area (Å²) in [6.45, 7) is 6.73. The number of thioether (sulfide) groups is 1. The van der Waals surface area contributed by atoms with E-state index in [1.54, 1.807) is 35.8 Å². The summed E-state index contributed by atoms with van der Waals surface area (Å²) in [5.74, 6) is -0.289. The molecule has 0 radical (unpaired) electrons. The number of fused-ring (bicyclic) bond motifs is 1. The number of hydrogen-bond donors (Lipinski definition) is 1. The van der Waals surface area contributed by atoms with Gasteiger partial charge < -0.3 is 10.1 Å². The fourth-order valence-electron chi connectivity index (χ4n) is 2.91. The van der Waals surface area contributed by atoms with Gasteiger partial charge in [0, 0.05) is 6.54 Å². The average Bonchev–Trinajstić information content (AvgIpc) is 3.21. The van der Waals surface area contributed by atoms with Crippen LogP contribution in [0.15, 0.2) is 45.7 Å². The molecule has 2 aromatic heterocycles. The van der Waals surface area contributed by atoms with Crippen molar-refractivity contribution in [2.24, 2.45) is 5.92 Å². The highest BCUT2D eigenvalue weighted by molar-refractivity contribution is 7.99. The Morgan fingerprint density at radius 1 is 1.26 bits per heavy atom. The fourth-order valence-corrected chi connectivity index (χ4v) is 4.52. The number of hydrogen-bond acceptors (Lipinski definition) is 7. The number of ether oxygens (including phenoxy) is 1. The minimum absolute atomic E-state index is 0.0565. The van der Waals surface area contributed by atoms with Crippen LogP contribution in [0.1, 0.15) is 37.6 Å². The number of carbonyl (C=O) groups excluding carboxylic acids is 2. The highest BCUT2D eigenvalue weighted by Gasteiger charge is 2.17. The SMILES string of the molecule is CCOC(=O)c1ccccc1NC(=O)CSc1nc2ccsc2c(=O)n1CCC(C)C. The third-order valence-electron chi connectivity index (χ3n) is 4.49. The van der Waals surface area contributed by atoms with Crippen LogP contribution in [0, 0.1) is 5.92 Å². The van der Waals surface area contributed by atoms with Crippen molar-refractivity contribution in [3.05, 3.63) is 51.6 Å². The molecule has 3 aromatic rings. The number of nitrogens with one attached hydrogen (secondary N) is 1. The third kappa shape index (κ3) is 5.74. The summed E-state index contributed by atoms with van der Waals surface area (Å²) in [4.78, 5) is 42.2. The Morgan fingerprint density at radius 2 is 2.03 bits per heavy atom. The van der Waals surface area contributed by atoms with Gasteiger partial charge in [-0.2, -0.15) is 0 Å². The summed E-state index contributed by atoms with van der Waals surface area (Å²) in [5.41, 5.74) is 1.27. The number of benzene rings is 1. The minimum Gasteiger partial charge on any atom is -0.462 e. The molecule has 0 saturated carbocycles. The van der Waals surface area contributed by atoms with Crippen molar-refractivity contribution in [2.75, 3.05) is 17.7 Å². The number of rotatable bonds is 9. The zero-order chi connectivity index (χ0) is 22.4. The number of aromatic nitrogens is 2. The van der Waals surface area contributed by atoms with E-state index in [0.717, 1.165) is 6.42 Å². The van der Waals surface area contributed by atoms with E-state index in [9.17, 15) is 14.4 Å². The van der Waals surface area contributed by atoms with Gasteiger partial charge in [0.1, 0.15) is 4.70 Å². The quantitative estimate of drug-likeness (QED) is 0.290. The van der Waals surface area contributed by atoms with Gasteiger partial charge in [-0.25, -0.2) is 9.78 Å². The Hall–Kier alpha value is -2.65. The van der Waals surface area contributed by atoms with Gasteiger partial charge in [-0.05, 0) is 42.8 Å². The summed E-state index contributed by atoms with van der Waals surface area (Å²) in [6, 6.07) is 8.53. The average molecular weight is 460 g/mol. The number of amides is 1. The number of anilines is 1. The van der Waals surface area contributed by atoms with E-state index in [1.165, 1.54) is 23.1 Å².